The van der Waals surface area contributed by atoms with Gasteiger partial charge in [-0.25, -0.2) is 0 Å². The van der Waals surface area contributed by atoms with E-state index in [0.717, 1.165) is 58.2 Å². The summed E-state index contributed by atoms with van der Waals surface area (Å²) in [6, 6.07) is 12.4. The minimum atomic E-state index is -0.0172. The van der Waals surface area contributed by atoms with Crippen LogP contribution in [0.4, 0.5) is 11.5 Å². The summed E-state index contributed by atoms with van der Waals surface area (Å²) in [5, 5.41) is 8.57. The average Bonchev–Trinajstić information content (AvgIpc) is 2.74. The van der Waals surface area contributed by atoms with Gasteiger partial charge in [0, 0.05) is 58.0 Å². The number of benzene rings is 1. The Hall–Kier alpha value is -2.67. The SMILES string of the molecule is Cc1cccc(N2CCN(c3ccc(C(=O)N4CCN(C)CC4)nn3)CC2)c1. The molecule has 1 amide bonds. The Morgan fingerprint density at radius 3 is 2.21 bits per heavy atom. The predicted molar refractivity (Wildman–Crippen MR) is 111 cm³/mol. The van der Waals surface area contributed by atoms with Gasteiger partial charge < -0.3 is 19.6 Å². The number of hydrogen-bond acceptors (Lipinski definition) is 6. The molecule has 7 nitrogen and oxygen atoms in total. The van der Waals surface area contributed by atoms with Crippen molar-refractivity contribution in [2.24, 2.45) is 0 Å². The van der Waals surface area contributed by atoms with Crippen molar-refractivity contribution in [2.75, 3.05) is 69.2 Å². The van der Waals surface area contributed by atoms with Crippen molar-refractivity contribution in [3.63, 3.8) is 0 Å². The summed E-state index contributed by atoms with van der Waals surface area (Å²) in [4.78, 5) is 21.3. The summed E-state index contributed by atoms with van der Waals surface area (Å²) in [5.74, 6) is 0.829. The third-order valence-corrected chi connectivity index (χ3v) is 5.63. The first-order valence-electron chi connectivity index (χ1n) is 9.98. The number of aryl methyl sites for hydroxylation is 1. The van der Waals surface area contributed by atoms with Gasteiger partial charge in [0.1, 0.15) is 0 Å². The summed E-state index contributed by atoms with van der Waals surface area (Å²) in [6.07, 6.45) is 0. The lowest BCUT2D eigenvalue weighted by Gasteiger charge is -2.36. The highest BCUT2D eigenvalue weighted by molar-refractivity contribution is 5.92. The quantitative estimate of drug-likeness (QED) is 0.804. The van der Waals surface area contributed by atoms with Crippen LogP contribution in [-0.2, 0) is 0 Å². The van der Waals surface area contributed by atoms with Crippen LogP contribution < -0.4 is 9.80 Å². The molecule has 0 N–H and O–H groups in total. The highest BCUT2D eigenvalue weighted by Gasteiger charge is 2.23. The number of carbonyl (C=O) groups excluding carboxylic acids is 1. The number of hydrogen-bond donors (Lipinski definition) is 0. The van der Waals surface area contributed by atoms with Crippen LogP contribution in [0, 0.1) is 6.92 Å². The largest absolute Gasteiger partial charge is 0.368 e. The number of piperazine rings is 2. The molecular formula is C21H28N6O. The maximum Gasteiger partial charge on any atom is 0.274 e. The summed E-state index contributed by atoms with van der Waals surface area (Å²) in [6.45, 7) is 9.13. The van der Waals surface area contributed by atoms with Gasteiger partial charge in [0.25, 0.3) is 5.91 Å². The second kappa shape index (κ2) is 8.14. The van der Waals surface area contributed by atoms with Crippen LogP contribution in [0.25, 0.3) is 0 Å². The molecule has 2 fully saturated rings. The van der Waals surface area contributed by atoms with E-state index in [4.69, 9.17) is 0 Å². The predicted octanol–water partition coefficient (Wildman–Crippen LogP) is 1.50. The topological polar surface area (TPSA) is 55.8 Å². The molecule has 0 radical (unpaired) electrons. The van der Waals surface area contributed by atoms with Gasteiger partial charge in [-0.2, -0.15) is 0 Å². The molecule has 1 aromatic heterocycles. The Labute approximate surface area is 166 Å². The van der Waals surface area contributed by atoms with E-state index in [9.17, 15) is 4.79 Å². The maximum atomic E-state index is 12.6. The number of aromatic nitrogens is 2. The van der Waals surface area contributed by atoms with Gasteiger partial charge in [-0.3, -0.25) is 4.79 Å². The van der Waals surface area contributed by atoms with E-state index in [2.05, 4.69) is 63.1 Å². The Morgan fingerprint density at radius 2 is 1.57 bits per heavy atom. The van der Waals surface area contributed by atoms with Crippen LogP contribution in [0.15, 0.2) is 36.4 Å². The van der Waals surface area contributed by atoms with Gasteiger partial charge in [0.2, 0.25) is 0 Å². The minimum absolute atomic E-state index is 0.0172. The first-order valence-corrected chi connectivity index (χ1v) is 9.98. The monoisotopic (exact) mass is 380 g/mol. The zero-order chi connectivity index (χ0) is 19.5. The van der Waals surface area contributed by atoms with E-state index >= 15 is 0 Å². The van der Waals surface area contributed by atoms with E-state index in [1.807, 2.05) is 17.0 Å². The van der Waals surface area contributed by atoms with Crippen molar-refractivity contribution in [3.8, 4) is 0 Å². The second-order valence-corrected chi connectivity index (χ2v) is 7.69. The first kappa shape index (κ1) is 18.7. The minimum Gasteiger partial charge on any atom is -0.368 e. The van der Waals surface area contributed by atoms with Crippen molar-refractivity contribution in [3.05, 3.63) is 47.7 Å². The highest BCUT2D eigenvalue weighted by Crippen LogP contribution is 2.20. The summed E-state index contributed by atoms with van der Waals surface area (Å²) in [7, 11) is 2.08. The van der Waals surface area contributed by atoms with Gasteiger partial charge in [-0.05, 0) is 43.8 Å². The van der Waals surface area contributed by atoms with E-state index in [1.54, 1.807) is 0 Å². The lowest BCUT2D eigenvalue weighted by Crippen LogP contribution is -2.47. The highest BCUT2D eigenvalue weighted by atomic mass is 16.2. The normalized spacial score (nSPS) is 18.4. The van der Waals surface area contributed by atoms with Crippen LogP contribution in [-0.4, -0.2) is 85.3 Å². The second-order valence-electron chi connectivity index (χ2n) is 7.69. The standard InChI is InChI=1S/C21H28N6O/c1-17-4-3-5-18(16-17)25-12-14-26(15-13-25)20-7-6-19(22-23-20)21(28)27-10-8-24(2)9-11-27/h3-7,16H,8-15H2,1-2H3. The molecule has 7 heteroatoms. The maximum absolute atomic E-state index is 12.6. The molecule has 0 spiro atoms. The summed E-state index contributed by atoms with van der Waals surface area (Å²) in [5.41, 5.74) is 3.00. The van der Waals surface area contributed by atoms with E-state index in [1.165, 1.54) is 11.3 Å². The first-order chi connectivity index (χ1) is 13.6. The molecule has 2 aliphatic heterocycles. The van der Waals surface area contributed by atoms with Gasteiger partial charge in [-0.1, -0.05) is 12.1 Å². The molecule has 0 aliphatic carbocycles. The third-order valence-electron chi connectivity index (χ3n) is 5.63. The van der Waals surface area contributed by atoms with Crippen molar-refractivity contribution in [2.45, 2.75) is 6.92 Å². The van der Waals surface area contributed by atoms with Crippen LogP contribution in [0.2, 0.25) is 0 Å². The number of rotatable bonds is 3. The molecule has 148 valence electrons. The van der Waals surface area contributed by atoms with Crippen LogP contribution in [0.1, 0.15) is 16.1 Å². The molecule has 4 rings (SSSR count). The molecule has 2 aliphatic rings. The van der Waals surface area contributed by atoms with E-state index in [-0.39, 0.29) is 5.91 Å². The fraction of sp³-hybridized carbons (Fsp3) is 0.476. The fourth-order valence-corrected chi connectivity index (χ4v) is 3.80. The third kappa shape index (κ3) is 4.09. The molecule has 28 heavy (non-hydrogen) atoms. The molecule has 2 saturated heterocycles. The van der Waals surface area contributed by atoms with Crippen molar-refractivity contribution < 1.29 is 4.79 Å². The zero-order valence-corrected chi connectivity index (χ0v) is 16.7. The molecule has 1 aromatic carbocycles. The smallest absolute Gasteiger partial charge is 0.274 e. The Bertz CT molecular complexity index is 808. The molecule has 2 aromatic rings. The van der Waals surface area contributed by atoms with Gasteiger partial charge in [0.15, 0.2) is 11.5 Å². The van der Waals surface area contributed by atoms with Crippen molar-refractivity contribution >= 4 is 17.4 Å². The molecular weight excluding hydrogens is 352 g/mol. The number of nitrogens with zero attached hydrogens (tertiary/aromatic N) is 6. The average molecular weight is 380 g/mol. The lowest BCUT2D eigenvalue weighted by atomic mass is 10.2. The molecule has 0 saturated carbocycles. The van der Waals surface area contributed by atoms with Crippen LogP contribution >= 0.6 is 0 Å². The van der Waals surface area contributed by atoms with E-state index in [0.29, 0.717) is 5.69 Å². The Morgan fingerprint density at radius 1 is 0.857 bits per heavy atom. The van der Waals surface area contributed by atoms with E-state index < -0.39 is 0 Å². The molecule has 0 unspecified atom stereocenters. The van der Waals surface area contributed by atoms with Gasteiger partial charge in [0.05, 0.1) is 0 Å². The van der Waals surface area contributed by atoms with Gasteiger partial charge in [-0.15, -0.1) is 10.2 Å². The summed E-state index contributed by atoms with van der Waals surface area (Å²) < 4.78 is 0. The van der Waals surface area contributed by atoms with Gasteiger partial charge >= 0.3 is 0 Å². The zero-order valence-electron chi connectivity index (χ0n) is 16.7. The lowest BCUT2D eigenvalue weighted by molar-refractivity contribution is 0.0657. The Balaban J connectivity index is 1.35. The van der Waals surface area contributed by atoms with Crippen LogP contribution in [0.3, 0.4) is 0 Å². The Kier molecular flexibility index (Phi) is 5.43. The number of amides is 1. The van der Waals surface area contributed by atoms with Crippen LogP contribution in [0.5, 0.6) is 0 Å². The number of anilines is 2. The molecule has 0 atom stereocenters. The number of carbonyl (C=O) groups is 1. The molecule has 3 heterocycles. The van der Waals surface area contributed by atoms with Crippen molar-refractivity contribution in [1.82, 2.24) is 20.0 Å². The number of likely N-dealkylation sites (N-methyl/N-ethyl adjacent to an activating group) is 1. The molecule has 0 bridgehead atoms. The van der Waals surface area contributed by atoms with Crippen molar-refractivity contribution in [1.29, 1.82) is 0 Å². The fourth-order valence-electron chi connectivity index (χ4n) is 3.80. The summed E-state index contributed by atoms with van der Waals surface area (Å²) >= 11 is 0.